The average molecular weight is 463 g/mol. The van der Waals surface area contributed by atoms with Gasteiger partial charge in [0.2, 0.25) is 5.91 Å². The summed E-state index contributed by atoms with van der Waals surface area (Å²) in [5.41, 5.74) is 3.13. The van der Waals surface area contributed by atoms with Gasteiger partial charge in [-0.3, -0.25) is 19.5 Å². The number of fused-ring (bicyclic) bond motifs is 4. The third kappa shape index (κ3) is 3.74. The molecule has 3 aromatic heterocycles. The largest absolute Gasteiger partial charge is 0.396 e. The highest BCUT2D eigenvalue weighted by Crippen LogP contribution is 2.48. The maximum absolute atomic E-state index is 13.5. The van der Waals surface area contributed by atoms with E-state index < -0.39 is 5.92 Å². The quantitative estimate of drug-likeness (QED) is 0.543. The molecule has 0 spiro atoms. The number of pyridine rings is 2. The Kier molecular flexibility index (Phi) is 6.05. The van der Waals surface area contributed by atoms with Crippen LogP contribution < -0.4 is 10.9 Å². The molecule has 34 heavy (non-hydrogen) atoms. The Morgan fingerprint density at radius 3 is 2.71 bits per heavy atom. The van der Waals surface area contributed by atoms with Crippen molar-refractivity contribution in [3.8, 4) is 11.1 Å². The van der Waals surface area contributed by atoms with Crippen molar-refractivity contribution >= 4 is 5.91 Å². The van der Waals surface area contributed by atoms with Crippen molar-refractivity contribution in [2.24, 2.45) is 18.9 Å². The Bertz CT molecular complexity index is 1240. The van der Waals surface area contributed by atoms with Gasteiger partial charge in [0.1, 0.15) is 0 Å². The van der Waals surface area contributed by atoms with Crippen molar-refractivity contribution in [2.75, 3.05) is 19.7 Å². The van der Waals surface area contributed by atoms with Crippen LogP contribution >= 0.6 is 0 Å². The second-order valence-corrected chi connectivity index (χ2v) is 9.11. The van der Waals surface area contributed by atoms with E-state index in [1.54, 1.807) is 23.3 Å². The molecule has 2 aliphatic rings. The SMILES string of the molecule is CCN1[C@@H]2c3ccc(-c4ccncc4)c(=O)n3C[C@H]1[C@H](CO)[C@H]2C(=O)NCCc1cn(C)cn1. The van der Waals surface area contributed by atoms with Crippen LogP contribution in [0.1, 0.15) is 24.4 Å². The Hall–Kier alpha value is -3.30. The highest BCUT2D eigenvalue weighted by atomic mass is 16.3. The zero-order chi connectivity index (χ0) is 23.8. The molecule has 0 aliphatic carbocycles. The molecule has 4 atom stereocenters. The Balaban J connectivity index is 1.45. The van der Waals surface area contributed by atoms with Crippen LogP contribution in [0.5, 0.6) is 0 Å². The lowest BCUT2D eigenvalue weighted by molar-refractivity contribution is -0.127. The molecule has 9 heteroatoms. The van der Waals surface area contributed by atoms with Gasteiger partial charge >= 0.3 is 0 Å². The lowest BCUT2D eigenvalue weighted by Crippen LogP contribution is -2.46. The minimum atomic E-state index is -0.432. The standard InChI is InChI=1S/C25H30N6O3/c1-3-30-21-13-31-20(5-4-18(25(31)34)16-6-9-26-10-7-16)23(30)22(19(21)14-32)24(33)27-11-8-17-12-29(2)15-28-17/h4-7,9-10,12,15,19,21-23,32H,3,8,11,13-14H2,1-2H3,(H,27,33)/t19-,21-,22+,23+/m0/s1. The van der Waals surface area contributed by atoms with Crippen LogP contribution in [0.3, 0.4) is 0 Å². The maximum atomic E-state index is 13.5. The van der Waals surface area contributed by atoms with Crippen LogP contribution in [-0.2, 0) is 24.8 Å². The fourth-order valence-electron chi connectivity index (χ4n) is 5.74. The van der Waals surface area contributed by atoms with E-state index in [0.717, 1.165) is 23.5 Å². The summed E-state index contributed by atoms with van der Waals surface area (Å²) >= 11 is 0. The van der Waals surface area contributed by atoms with E-state index in [0.29, 0.717) is 25.1 Å². The molecule has 2 N–H and O–H groups in total. The summed E-state index contributed by atoms with van der Waals surface area (Å²) in [6, 6.07) is 7.13. The number of likely N-dealkylation sites (N-methyl/N-ethyl adjacent to an activating group) is 1. The van der Waals surface area contributed by atoms with Crippen LogP contribution in [0.4, 0.5) is 0 Å². The lowest BCUT2D eigenvalue weighted by atomic mass is 9.86. The zero-order valence-corrected chi connectivity index (χ0v) is 19.5. The zero-order valence-electron chi connectivity index (χ0n) is 19.5. The number of nitrogens with zero attached hydrogens (tertiary/aromatic N) is 5. The first-order valence-electron chi connectivity index (χ1n) is 11.8. The van der Waals surface area contributed by atoms with Crippen LogP contribution in [0.15, 0.2) is 54.0 Å². The van der Waals surface area contributed by atoms with Crippen molar-refractivity contribution in [1.29, 1.82) is 0 Å². The van der Waals surface area contributed by atoms with Gasteiger partial charge in [-0.2, -0.15) is 0 Å². The summed E-state index contributed by atoms with van der Waals surface area (Å²) in [6.07, 6.45) is 7.67. The van der Waals surface area contributed by atoms with Gasteiger partial charge in [-0.05, 0) is 36.4 Å². The minimum Gasteiger partial charge on any atom is -0.396 e. The monoisotopic (exact) mass is 462 g/mol. The molecular weight excluding hydrogens is 432 g/mol. The molecule has 178 valence electrons. The number of hydrogen-bond donors (Lipinski definition) is 2. The maximum Gasteiger partial charge on any atom is 0.258 e. The molecule has 0 unspecified atom stereocenters. The normalized spacial score (nSPS) is 23.6. The van der Waals surface area contributed by atoms with Crippen molar-refractivity contribution in [3.05, 3.63) is 70.9 Å². The average Bonchev–Trinajstić information content (AvgIpc) is 3.36. The lowest BCUT2D eigenvalue weighted by Gasteiger charge is -2.37. The molecule has 5 rings (SSSR count). The molecule has 9 nitrogen and oxygen atoms in total. The first-order chi connectivity index (χ1) is 16.5. The summed E-state index contributed by atoms with van der Waals surface area (Å²) in [4.78, 5) is 37.5. The second kappa shape index (κ2) is 9.15. The summed E-state index contributed by atoms with van der Waals surface area (Å²) in [6.45, 7) is 3.64. The van der Waals surface area contributed by atoms with Gasteiger partial charge in [-0.1, -0.05) is 6.92 Å². The molecule has 0 aromatic carbocycles. The predicted octanol–water partition coefficient (Wildman–Crippen LogP) is 0.986. The van der Waals surface area contributed by atoms with E-state index in [1.165, 1.54) is 0 Å². The van der Waals surface area contributed by atoms with Gasteiger partial charge in [0.15, 0.2) is 0 Å². The molecule has 0 saturated carbocycles. The van der Waals surface area contributed by atoms with Crippen molar-refractivity contribution in [1.82, 2.24) is 29.3 Å². The summed E-state index contributed by atoms with van der Waals surface area (Å²) in [5.74, 6) is -0.762. The molecule has 2 aliphatic heterocycles. The first-order valence-corrected chi connectivity index (χ1v) is 11.8. The molecule has 1 saturated heterocycles. The number of rotatable bonds is 7. The molecule has 1 fully saturated rings. The molecule has 2 bridgehead atoms. The van der Waals surface area contributed by atoms with Gasteiger partial charge in [0, 0.05) is 75.0 Å². The fourth-order valence-corrected chi connectivity index (χ4v) is 5.74. The van der Waals surface area contributed by atoms with Crippen LogP contribution in [0.2, 0.25) is 0 Å². The van der Waals surface area contributed by atoms with E-state index in [1.807, 2.05) is 42.1 Å². The van der Waals surface area contributed by atoms with E-state index in [-0.39, 0.29) is 36.1 Å². The van der Waals surface area contributed by atoms with Crippen molar-refractivity contribution in [3.63, 3.8) is 0 Å². The number of amides is 1. The van der Waals surface area contributed by atoms with Crippen LogP contribution in [-0.4, -0.2) is 60.8 Å². The summed E-state index contributed by atoms with van der Waals surface area (Å²) < 4.78 is 3.69. The Morgan fingerprint density at radius 2 is 2.03 bits per heavy atom. The predicted molar refractivity (Wildman–Crippen MR) is 127 cm³/mol. The smallest absolute Gasteiger partial charge is 0.258 e. The molecule has 1 amide bonds. The van der Waals surface area contributed by atoms with Gasteiger partial charge < -0.3 is 19.6 Å². The van der Waals surface area contributed by atoms with Gasteiger partial charge in [0.25, 0.3) is 5.56 Å². The van der Waals surface area contributed by atoms with Crippen LogP contribution in [0.25, 0.3) is 11.1 Å². The topological polar surface area (TPSA) is 105 Å². The number of aliphatic hydroxyl groups excluding tert-OH is 1. The minimum absolute atomic E-state index is 0.0673. The van der Waals surface area contributed by atoms with Crippen LogP contribution in [0, 0.1) is 11.8 Å². The number of aryl methyl sites for hydroxylation is 1. The Labute approximate surface area is 198 Å². The van der Waals surface area contributed by atoms with Gasteiger partial charge in [-0.25, -0.2) is 4.98 Å². The highest BCUT2D eigenvalue weighted by Gasteiger charge is 2.55. The summed E-state index contributed by atoms with van der Waals surface area (Å²) in [5, 5.41) is 13.4. The molecule has 0 radical (unpaired) electrons. The first kappa shape index (κ1) is 22.5. The van der Waals surface area contributed by atoms with Gasteiger partial charge in [0.05, 0.1) is 24.0 Å². The molecule has 3 aromatic rings. The molecular formula is C25H30N6O3. The van der Waals surface area contributed by atoms with E-state index in [9.17, 15) is 14.7 Å². The third-order valence-electron chi connectivity index (χ3n) is 7.27. The number of carbonyl (C=O) groups is 1. The molecule has 5 heterocycles. The van der Waals surface area contributed by atoms with E-state index in [2.05, 4.69) is 27.1 Å². The third-order valence-corrected chi connectivity index (χ3v) is 7.27. The number of aliphatic hydroxyl groups is 1. The van der Waals surface area contributed by atoms with Gasteiger partial charge in [-0.15, -0.1) is 0 Å². The van der Waals surface area contributed by atoms with Crippen molar-refractivity contribution < 1.29 is 9.90 Å². The van der Waals surface area contributed by atoms with E-state index >= 15 is 0 Å². The number of carbonyl (C=O) groups excluding carboxylic acids is 1. The number of imidazole rings is 1. The highest BCUT2D eigenvalue weighted by molar-refractivity contribution is 5.80. The second-order valence-electron chi connectivity index (χ2n) is 9.11. The summed E-state index contributed by atoms with van der Waals surface area (Å²) in [7, 11) is 1.92. The Morgan fingerprint density at radius 1 is 1.24 bits per heavy atom. The van der Waals surface area contributed by atoms with Crippen molar-refractivity contribution in [2.45, 2.75) is 32.0 Å². The van der Waals surface area contributed by atoms with E-state index in [4.69, 9.17) is 0 Å². The number of aromatic nitrogens is 4. The number of hydrogen-bond acceptors (Lipinski definition) is 6. The number of nitrogens with one attached hydrogen (secondary N) is 1. The fraction of sp³-hybridized carbons (Fsp3) is 0.440.